The molecule has 2 rings (SSSR count). The Morgan fingerprint density at radius 3 is 2.30 bits per heavy atom. The smallest absolute Gasteiger partial charge is 0.255 e. The molecule has 0 saturated carbocycles. The average molecular weight is 336 g/mol. The highest BCUT2D eigenvalue weighted by Crippen LogP contribution is 2.24. The Kier molecular flexibility index (Phi) is 4.53. The van der Waals surface area contributed by atoms with Crippen molar-refractivity contribution in [1.82, 2.24) is 0 Å². The molecule has 7 heteroatoms. The van der Waals surface area contributed by atoms with Gasteiger partial charge in [-0.15, -0.1) is 0 Å². The van der Waals surface area contributed by atoms with Gasteiger partial charge in [-0.25, -0.2) is 17.9 Å². The molecule has 0 bridgehead atoms. The SMILES string of the molecule is Cc1ccc(C(=O)Nc2cc(S(N)(=O)=O)cc(C)c2C)cc1F. The van der Waals surface area contributed by atoms with Crippen molar-refractivity contribution < 1.29 is 17.6 Å². The lowest BCUT2D eigenvalue weighted by Gasteiger charge is -2.13. The highest BCUT2D eigenvalue weighted by atomic mass is 32.2. The van der Waals surface area contributed by atoms with Gasteiger partial charge in [-0.2, -0.15) is 0 Å². The van der Waals surface area contributed by atoms with Crippen LogP contribution in [-0.2, 0) is 10.0 Å². The van der Waals surface area contributed by atoms with Crippen molar-refractivity contribution >= 4 is 21.6 Å². The minimum Gasteiger partial charge on any atom is -0.322 e. The first kappa shape index (κ1) is 17.1. The van der Waals surface area contributed by atoms with Crippen LogP contribution in [0.4, 0.5) is 10.1 Å². The molecular weight excluding hydrogens is 319 g/mol. The summed E-state index contributed by atoms with van der Waals surface area (Å²) in [6.45, 7) is 5.05. The second-order valence-corrected chi connectivity index (χ2v) is 6.94. The first-order chi connectivity index (χ1) is 10.6. The summed E-state index contributed by atoms with van der Waals surface area (Å²) in [5.74, 6) is -1.01. The van der Waals surface area contributed by atoms with E-state index in [1.165, 1.54) is 24.3 Å². The van der Waals surface area contributed by atoms with Gasteiger partial charge in [0.15, 0.2) is 0 Å². The summed E-state index contributed by atoms with van der Waals surface area (Å²) >= 11 is 0. The lowest BCUT2D eigenvalue weighted by atomic mass is 10.1. The Bertz CT molecular complexity index is 892. The number of nitrogens with two attached hydrogens (primary N) is 1. The molecule has 0 aliphatic rings. The Labute approximate surface area is 134 Å². The predicted octanol–water partition coefficient (Wildman–Crippen LogP) is 2.65. The van der Waals surface area contributed by atoms with E-state index in [0.29, 0.717) is 22.4 Å². The molecule has 0 atom stereocenters. The largest absolute Gasteiger partial charge is 0.322 e. The first-order valence-corrected chi connectivity index (χ1v) is 8.36. The molecule has 1 amide bonds. The van der Waals surface area contributed by atoms with Crippen molar-refractivity contribution in [3.8, 4) is 0 Å². The number of hydrogen-bond acceptors (Lipinski definition) is 3. The second kappa shape index (κ2) is 6.10. The molecule has 0 heterocycles. The van der Waals surface area contributed by atoms with Crippen LogP contribution in [0.3, 0.4) is 0 Å². The summed E-state index contributed by atoms with van der Waals surface area (Å²) in [7, 11) is -3.89. The molecule has 122 valence electrons. The van der Waals surface area contributed by atoms with E-state index in [0.717, 1.165) is 6.07 Å². The molecule has 2 aromatic carbocycles. The average Bonchev–Trinajstić information content (AvgIpc) is 2.45. The fourth-order valence-electron chi connectivity index (χ4n) is 2.05. The maximum Gasteiger partial charge on any atom is 0.255 e. The van der Waals surface area contributed by atoms with Crippen molar-refractivity contribution in [1.29, 1.82) is 0 Å². The van der Waals surface area contributed by atoms with Crippen molar-refractivity contribution in [2.45, 2.75) is 25.7 Å². The fourth-order valence-corrected chi connectivity index (χ4v) is 2.67. The maximum atomic E-state index is 13.6. The number of carbonyl (C=O) groups is 1. The van der Waals surface area contributed by atoms with Crippen LogP contribution in [0.2, 0.25) is 0 Å². The van der Waals surface area contributed by atoms with Crippen LogP contribution in [0.1, 0.15) is 27.0 Å². The van der Waals surface area contributed by atoms with E-state index >= 15 is 0 Å². The van der Waals surface area contributed by atoms with Gasteiger partial charge in [0.25, 0.3) is 5.91 Å². The maximum absolute atomic E-state index is 13.6. The molecule has 0 radical (unpaired) electrons. The van der Waals surface area contributed by atoms with E-state index in [9.17, 15) is 17.6 Å². The standard InChI is InChI=1S/C16H17FN2O3S/c1-9-4-5-12(7-14(9)17)16(20)19-15-8-13(23(18,21)22)6-10(2)11(15)3/h4-8H,1-3H3,(H,19,20)(H2,18,21,22). The van der Waals surface area contributed by atoms with Crippen LogP contribution in [0.15, 0.2) is 35.2 Å². The number of halogens is 1. The molecule has 0 fully saturated rings. The number of nitrogens with one attached hydrogen (secondary N) is 1. The van der Waals surface area contributed by atoms with Gasteiger partial charge in [0.1, 0.15) is 5.82 Å². The zero-order chi connectivity index (χ0) is 17.4. The van der Waals surface area contributed by atoms with Gasteiger partial charge in [0.05, 0.1) is 4.90 Å². The van der Waals surface area contributed by atoms with E-state index in [1.807, 2.05) is 0 Å². The van der Waals surface area contributed by atoms with Gasteiger partial charge in [-0.1, -0.05) is 6.07 Å². The van der Waals surface area contributed by atoms with Crippen LogP contribution in [0.25, 0.3) is 0 Å². The van der Waals surface area contributed by atoms with Crippen molar-refractivity contribution in [3.05, 3.63) is 58.4 Å². The Morgan fingerprint density at radius 2 is 1.74 bits per heavy atom. The van der Waals surface area contributed by atoms with E-state index in [1.54, 1.807) is 20.8 Å². The number of anilines is 1. The first-order valence-electron chi connectivity index (χ1n) is 6.81. The summed E-state index contributed by atoms with van der Waals surface area (Å²) in [5.41, 5.74) is 2.27. The normalized spacial score (nSPS) is 11.3. The minimum absolute atomic E-state index is 0.0917. The zero-order valence-electron chi connectivity index (χ0n) is 13.0. The predicted molar refractivity (Wildman–Crippen MR) is 86.4 cm³/mol. The highest BCUT2D eigenvalue weighted by molar-refractivity contribution is 7.89. The number of carbonyl (C=O) groups excluding carboxylic acids is 1. The number of aryl methyl sites for hydroxylation is 2. The number of benzene rings is 2. The molecule has 23 heavy (non-hydrogen) atoms. The van der Waals surface area contributed by atoms with Crippen LogP contribution >= 0.6 is 0 Å². The summed E-state index contributed by atoms with van der Waals surface area (Å²) < 4.78 is 36.6. The van der Waals surface area contributed by atoms with E-state index in [-0.39, 0.29) is 10.5 Å². The third-order valence-corrected chi connectivity index (χ3v) is 4.54. The molecule has 2 aromatic rings. The summed E-state index contributed by atoms with van der Waals surface area (Å²) in [6, 6.07) is 6.87. The Hall–Kier alpha value is -2.25. The van der Waals surface area contributed by atoms with Crippen LogP contribution < -0.4 is 10.5 Å². The number of rotatable bonds is 3. The molecule has 0 aliphatic carbocycles. The lowest BCUT2D eigenvalue weighted by molar-refractivity contribution is 0.102. The molecule has 3 N–H and O–H groups in total. The molecule has 0 spiro atoms. The quantitative estimate of drug-likeness (QED) is 0.903. The van der Waals surface area contributed by atoms with E-state index in [4.69, 9.17) is 5.14 Å². The van der Waals surface area contributed by atoms with Gasteiger partial charge < -0.3 is 5.32 Å². The van der Waals surface area contributed by atoms with Crippen LogP contribution in [0.5, 0.6) is 0 Å². The Balaban J connectivity index is 2.41. The number of amides is 1. The van der Waals surface area contributed by atoms with Gasteiger partial charge in [-0.05, 0) is 61.7 Å². The summed E-state index contributed by atoms with van der Waals surface area (Å²) in [5, 5.41) is 7.73. The number of hydrogen-bond donors (Lipinski definition) is 2. The molecule has 0 aliphatic heterocycles. The van der Waals surface area contributed by atoms with Crippen LogP contribution in [0, 0.1) is 26.6 Å². The molecule has 0 saturated heterocycles. The summed E-state index contributed by atoms with van der Waals surface area (Å²) in [4.78, 5) is 12.2. The second-order valence-electron chi connectivity index (χ2n) is 5.38. The van der Waals surface area contributed by atoms with Gasteiger partial charge >= 0.3 is 0 Å². The Morgan fingerprint density at radius 1 is 1.09 bits per heavy atom. The molecule has 5 nitrogen and oxygen atoms in total. The highest BCUT2D eigenvalue weighted by Gasteiger charge is 2.15. The van der Waals surface area contributed by atoms with Gasteiger partial charge in [0, 0.05) is 11.3 Å². The molecule has 0 aromatic heterocycles. The van der Waals surface area contributed by atoms with Crippen molar-refractivity contribution in [3.63, 3.8) is 0 Å². The number of sulfonamides is 1. The third kappa shape index (κ3) is 3.75. The van der Waals surface area contributed by atoms with Crippen molar-refractivity contribution in [2.75, 3.05) is 5.32 Å². The third-order valence-electron chi connectivity index (χ3n) is 3.65. The van der Waals surface area contributed by atoms with Gasteiger partial charge in [0.2, 0.25) is 10.0 Å². The van der Waals surface area contributed by atoms with Crippen molar-refractivity contribution in [2.24, 2.45) is 5.14 Å². The fraction of sp³-hybridized carbons (Fsp3) is 0.188. The number of primary sulfonamides is 1. The van der Waals surface area contributed by atoms with E-state index in [2.05, 4.69) is 5.32 Å². The molecular formula is C16H17FN2O3S. The summed E-state index contributed by atoms with van der Waals surface area (Å²) in [6.07, 6.45) is 0. The minimum atomic E-state index is -3.89. The molecule has 0 unspecified atom stereocenters. The van der Waals surface area contributed by atoms with E-state index < -0.39 is 21.7 Å². The topological polar surface area (TPSA) is 89.3 Å². The monoisotopic (exact) mass is 336 g/mol. The van der Waals surface area contributed by atoms with Gasteiger partial charge in [-0.3, -0.25) is 4.79 Å². The van der Waals surface area contributed by atoms with Crippen LogP contribution in [-0.4, -0.2) is 14.3 Å². The lowest BCUT2D eigenvalue weighted by Crippen LogP contribution is -2.16. The zero-order valence-corrected chi connectivity index (χ0v) is 13.8.